The lowest BCUT2D eigenvalue weighted by Gasteiger charge is -2.09. The van der Waals surface area contributed by atoms with E-state index in [-0.39, 0.29) is 5.56 Å². The molecule has 7 nitrogen and oxygen atoms in total. The molecule has 6 aromatic rings. The Morgan fingerprint density at radius 1 is 0.889 bits per heavy atom. The summed E-state index contributed by atoms with van der Waals surface area (Å²) in [5.74, 6) is 1.14. The van der Waals surface area contributed by atoms with Crippen LogP contribution in [0.3, 0.4) is 0 Å². The molecule has 36 heavy (non-hydrogen) atoms. The molecule has 0 spiro atoms. The van der Waals surface area contributed by atoms with Gasteiger partial charge in [0, 0.05) is 29.6 Å². The molecule has 0 fully saturated rings. The second-order valence-corrected chi connectivity index (χ2v) is 9.22. The number of para-hydroxylation sites is 2. The van der Waals surface area contributed by atoms with Crippen molar-refractivity contribution < 1.29 is 0 Å². The normalized spacial score (nSPS) is 11.3. The fourth-order valence-electron chi connectivity index (χ4n) is 4.33. The minimum Gasteiger partial charge on any atom is -0.272 e. The summed E-state index contributed by atoms with van der Waals surface area (Å²) in [5.41, 5.74) is 4.74. The Balaban J connectivity index is 1.44. The van der Waals surface area contributed by atoms with Crippen LogP contribution in [0.2, 0.25) is 0 Å². The predicted octanol–water partition coefficient (Wildman–Crippen LogP) is 5.38. The van der Waals surface area contributed by atoms with E-state index in [2.05, 4.69) is 35.1 Å². The Morgan fingerprint density at radius 2 is 1.61 bits per heavy atom. The number of allylic oxidation sites excluding steroid dienone is 1. The molecule has 0 N–H and O–H groups in total. The van der Waals surface area contributed by atoms with E-state index in [0.717, 1.165) is 28.0 Å². The number of hydrogen-bond acceptors (Lipinski definition) is 5. The quantitative estimate of drug-likeness (QED) is 0.222. The third kappa shape index (κ3) is 3.81. The van der Waals surface area contributed by atoms with E-state index in [1.807, 2.05) is 81.9 Å². The van der Waals surface area contributed by atoms with Gasteiger partial charge in [0.05, 0.1) is 22.3 Å². The molecule has 8 heteroatoms. The summed E-state index contributed by atoms with van der Waals surface area (Å²) < 4.78 is 5.47. The maximum atomic E-state index is 13.1. The standard InChI is InChI=1S/C28H22N6OS/c1-2-17-32-26(35)23-15-9-10-16-24(23)34-27(32)29-30-28(34)36-19-21-18-33(22-13-7-4-8-14-22)31-25(21)20-11-5-3-6-12-20/h2-16,18H,1,17,19H2. The first-order chi connectivity index (χ1) is 17.7. The van der Waals surface area contributed by atoms with E-state index in [1.165, 1.54) is 0 Å². The zero-order valence-electron chi connectivity index (χ0n) is 19.4. The van der Waals surface area contributed by atoms with Crippen molar-refractivity contribution in [2.45, 2.75) is 17.5 Å². The van der Waals surface area contributed by atoms with Gasteiger partial charge < -0.3 is 0 Å². The largest absolute Gasteiger partial charge is 0.272 e. The fourth-order valence-corrected chi connectivity index (χ4v) is 5.23. The molecule has 176 valence electrons. The van der Waals surface area contributed by atoms with Crippen LogP contribution in [0.1, 0.15) is 5.56 Å². The van der Waals surface area contributed by atoms with Crippen molar-refractivity contribution in [3.05, 3.63) is 120 Å². The molecule has 0 amide bonds. The number of benzene rings is 3. The topological polar surface area (TPSA) is 70.0 Å². The summed E-state index contributed by atoms with van der Waals surface area (Å²) in [4.78, 5) is 13.1. The second-order valence-electron chi connectivity index (χ2n) is 8.28. The van der Waals surface area contributed by atoms with Gasteiger partial charge in [0.25, 0.3) is 5.56 Å². The third-order valence-corrected chi connectivity index (χ3v) is 6.98. The highest BCUT2D eigenvalue weighted by Gasteiger charge is 2.18. The van der Waals surface area contributed by atoms with Crippen molar-refractivity contribution in [2.75, 3.05) is 0 Å². The van der Waals surface area contributed by atoms with Crippen molar-refractivity contribution in [3.8, 4) is 16.9 Å². The molecule has 0 saturated carbocycles. The monoisotopic (exact) mass is 490 g/mol. The molecule has 0 bridgehead atoms. The highest BCUT2D eigenvalue weighted by atomic mass is 32.2. The number of thioether (sulfide) groups is 1. The summed E-state index contributed by atoms with van der Waals surface area (Å²) >= 11 is 1.57. The third-order valence-electron chi connectivity index (χ3n) is 6.00. The lowest BCUT2D eigenvalue weighted by molar-refractivity contribution is 0.783. The molecule has 0 saturated heterocycles. The van der Waals surface area contributed by atoms with Crippen molar-refractivity contribution in [1.29, 1.82) is 0 Å². The van der Waals surface area contributed by atoms with Crippen LogP contribution in [0, 0.1) is 0 Å². The van der Waals surface area contributed by atoms with Crippen LogP contribution in [0.4, 0.5) is 0 Å². The Morgan fingerprint density at radius 3 is 2.39 bits per heavy atom. The number of aromatic nitrogens is 6. The zero-order chi connectivity index (χ0) is 24.5. The van der Waals surface area contributed by atoms with Gasteiger partial charge >= 0.3 is 0 Å². The predicted molar refractivity (Wildman–Crippen MR) is 144 cm³/mol. The van der Waals surface area contributed by atoms with Crippen molar-refractivity contribution in [2.24, 2.45) is 0 Å². The Hall–Kier alpha value is -4.43. The van der Waals surface area contributed by atoms with Gasteiger partial charge in [0.2, 0.25) is 5.78 Å². The smallest absolute Gasteiger partial charge is 0.263 e. The maximum absolute atomic E-state index is 13.1. The van der Waals surface area contributed by atoms with Crippen LogP contribution in [-0.4, -0.2) is 28.9 Å². The van der Waals surface area contributed by atoms with Crippen LogP contribution in [-0.2, 0) is 12.3 Å². The lowest BCUT2D eigenvalue weighted by Crippen LogP contribution is -2.22. The van der Waals surface area contributed by atoms with E-state index >= 15 is 0 Å². The minimum atomic E-state index is -0.0996. The molecule has 0 aliphatic carbocycles. The van der Waals surface area contributed by atoms with Gasteiger partial charge in [-0.25, -0.2) is 4.68 Å². The number of hydrogen-bond donors (Lipinski definition) is 0. The van der Waals surface area contributed by atoms with Crippen molar-refractivity contribution in [3.63, 3.8) is 0 Å². The Labute approximate surface area is 211 Å². The summed E-state index contributed by atoms with van der Waals surface area (Å²) in [6.45, 7) is 4.16. The van der Waals surface area contributed by atoms with Crippen LogP contribution in [0.5, 0.6) is 0 Å². The first-order valence-corrected chi connectivity index (χ1v) is 12.5. The summed E-state index contributed by atoms with van der Waals surface area (Å²) in [7, 11) is 0. The molecule has 3 heterocycles. The van der Waals surface area contributed by atoms with Crippen LogP contribution in [0.25, 0.3) is 33.6 Å². The van der Waals surface area contributed by atoms with Crippen LogP contribution < -0.4 is 5.56 Å². The highest BCUT2D eigenvalue weighted by Crippen LogP contribution is 2.30. The van der Waals surface area contributed by atoms with Gasteiger partial charge in [0.1, 0.15) is 0 Å². The average Bonchev–Trinajstić information content (AvgIpc) is 3.56. The van der Waals surface area contributed by atoms with Gasteiger partial charge in [-0.2, -0.15) is 5.10 Å². The molecular weight excluding hydrogens is 468 g/mol. The minimum absolute atomic E-state index is 0.0996. The fraction of sp³-hybridized carbons (Fsp3) is 0.0714. The van der Waals surface area contributed by atoms with E-state index in [0.29, 0.717) is 28.6 Å². The molecule has 3 aromatic carbocycles. The molecular formula is C28H22N6OS. The van der Waals surface area contributed by atoms with E-state index < -0.39 is 0 Å². The first-order valence-electron chi connectivity index (χ1n) is 11.5. The molecule has 0 atom stereocenters. The molecule has 3 aromatic heterocycles. The second kappa shape index (κ2) is 9.31. The summed E-state index contributed by atoms with van der Waals surface area (Å²) in [5, 5.41) is 15.1. The number of fused-ring (bicyclic) bond motifs is 3. The Bertz CT molecular complexity index is 1750. The SMILES string of the molecule is C=CCn1c(=O)c2ccccc2n2c(SCc3cn(-c4ccccc4)nc3-c3ccccc3)nnc12. The van der Waals surface area contributed by atoms with Crippen LogP contribution in [0.15, 0.2) is 114 Å². The van der Waals surface area contributed by atoms with Crippen molar-refractivity contribution in [1.82, 2.24) is 28.9 Å². The van der Waals surface area contributed by atoms with Gasteiger partial charge in [-0.3, -0.25) is 13.8 Å². The van der Waals surface area contributed by atoms with Crippen molar-refractivity contribution >= 4 is 28.4 Å². The molecule has 0 aliphatic rings. The summed E-state index contributed by atoms with van der Waals surface area (Å²) in [6.07, 6.45) is 3.77. The zero-order valence-corrected chi connectivity index (χ0v) is 20.2. The number of nitrogens with zero attached hydrogens (tertiary/aromatic N) is 6. The molecule has 0 unspecified atom stereocenters. The van der Waals surface area contributed by atoms with E-state index in [4.69, 9.17) is 5.10 Å². The first kappa shape index (κ1) is 22.1. The van der Waals surface area contributed by atoms with E-state index in [1.54, 1.807) is 22.4 Å². The lowest BCUT2D eigenvalue weighted by atomic mass is 10.1. The van der Waals surface area contributed by atoms with Gasteiger partial charge in [0.15, 0.2) is 5.16 Å². The molecule has 0 aliphatic heterocycles. The van der Waals surface area contributed by atoms with Gasteiger partial charge in [-0.1, -0.05) is 78.5 Å². The number of rotatable bonds is 7. The van der Waals surface area contributed by atoms with Gasteiger partial charge in [-0.05, 0) is 24.3 Å². The van der Waals surface area contributed by atoms with E-state index in [9.17, 15) is 4.79 Å². The highest BCUT2D eigenvalue weighted by molar-refractivity contribution is 7.98. The molecule has 0 radical (unpaired) electrons. The van der Waals surface area contributed by atoms with Gasteiger partial charge in [-0.15, -0.1) is 16.8 Å². The molecule has 6 rings (SSSR count). The summed E-state index contributed by atoms with van der Waals surface area (Å²) in [6, 6.07) is 27.8. The average molecular weight is 491 g/mol. The maximum Gasteiger partial charge on any atom is 0.263 e. The Kier molecular flexibility index (Phi) is 5.71. The van der Waals surface area contributed by atoms with Crippen LogP contribution >= 0.6 is 11.8 Å².